The molecule has 1 heterocycles. The van der Waals surface area contributed by atoms with E-state index in [2.05, 4.69) is 5.32 Å². The summed E-state index contributed by atoms with van der Waals surface area (Å²) < 4.78 is 31.4. The molecule has 23 heavy (non-hydrogen) atoms. The number of sulfonamides is 1. The summed E-state index contributed by atoms with van der Waals surface area (Å²) in [6.45, 7) is 2.49. The number of nitrogens with zero attached hydrogens (tertiary/aromatic N) is 2. The first-order valence-electron chi connectivity index (χ1n) is 7.10. The van der Waals surface area contributed by atoms with Crippen molar-refractivity contribution >= 4 is 21.4 Å². The number of rotatable bonds is 6. The van der Waals surface area contributed by atoms with Gasteiger partial charge in [-0.2, -0.15) is 4.31 Å². The maximum Gasteiger partial charge on any atom is 0.293 e. The Morgan fingerprint density at radius 1 is 1.43 bits per heavy atom. The third kappa shape index (κ3) is 3.96. The zero-order valence-electron chi connectivity index (χ0n) is 12.6. The van der Waals surface area contributed by atoms with Crippen LogP contribution in [-0.2, 0) is 14.8 Å². The zero-order chi connectivity index (χ0) is 17.0. The lowest BCUT2D eigenvalue weighted by molar-refractivity contribution is -0.384. The molecular weight excluding hydrogens is 326 g/mol. The summed E-state index contributed by atoms with van der Waals surface area (Å²) in [4.78, 5) is 10.4. The Labute approximate surface area is 134 Å². The second-order valence-corrected chi connectivity index (χ2v) is 7.12. The molecule has 0 unspecified atom stereocenters. The van der Waals surface area contributed by atoms with E-state index >= 15 is 0 Å². The number of ether oxygens (including phenoxy) is 1. The minimum Gasteiger partial charge on any atom is -0.394 e. The van der Waals surface area contributed by atoms with Crippen LogP contribution in [0.15, 0.2) is 23.1 Å². The lowest BCUT2D eigenvalue weighted by atomic mass is 10.2. The number of nitrogens with one attached hydrogen (secondary N) is 1. The van der Waals surface area contributed by atoms with Crippen LogP contribution in [0.2, 0.25) is 0 Å². The van der Waals surface area contributed by atoms with Gasteiger partial charge in [0.15, 0.2) is 0 Å². The Balaban J connectivity index is 2.36. The second-order valence-electron chi connectivity index (χ2n) is 5.18. The smallest absolute Gasteiger partial charge is 0.293 e. The van der Waals surface area contributed by atoms with Gasteiger partial charge in [0.1, 0.15) is 5.69 Å². The SMILES string of the molecule is C[C@@H](CO)Nc1ccc(S(=O)(=O)N2CCOCC2)cc1[N+](=O)[O-]. The van der Waals surface area contributed by atoms with E-state index in [0.29, 0.717) is 13.2 Å². The Morgan fingerprint density at radius 3 is 2.65 bits per heavy atom. The Morgan fingerprint density at radius 2 is 2.09 bits per heavy atom. The fraction of sp³-hybridized carbons (Fsp3) is 0.538. The van der Waals surface area contributed by atoms with E-state index in [1.807, 2.05) is 0 Å². The first-order chi connectivity index (χ1) is 10.9. The maximum atomic E-state index is 12.5. The molecule has 0 spiro atoms. The average molecular weight is 345 g/mol. The zero-order valence-corrected chi connectivity index (χ0v) is 13.5. The number of morpholine rings is 1. The molecule has 1 fully saturated rings. The standard InChI is InChI=1S/C13H19N3O6S/c1-10(9-17)14-12-3-2-11(8-13(12)16(18)19)23(20,21)15-4-6-22-7-5-15/h2-3,8,10,14,17H,4-7,9H2,1H3/t10-/m0/s1. The molecule has 0 amide bonds. The van der Waals surface area contributed by atoms with E-state index < -0.39 is 21.0 Å². The second kappa shape index (κ2) is 7.21. The first-order valence-corrected chi connectivity index (χ1v) is 8.54. The van der Waals surface area contributed by atoms with E-state index in [1.54, 1.807) is 6.92 Å². The summed E-state index contributed by atoms with van der Waals surface area (Å²) in [5.41, 5.74) is -0.183. The summed E-state index contributed by atoms with van der Waals surface area (Å²) in [6.07, 6.45) is 0. The van der Waals surface area contributed by atoms with Crippen molar-refractivity contribution in [2.45, 2.75) is 17.9 Å². The van der Waals surface area contributed by atoms with Crippen molar-refractivity contribution < 1.29 is 23.2 Å². The molecule has 0 bridgehead atoms. The lowest BCUT2D eigenvalue weighted by Crippen LogP contribution is -2.40. The summed E-state index contributed by atoms with van der Waals surface area (Å²) in [6, 6.07) is 3.31. The molecule has 1 atom stereocenters. The lowest BCUT2D eigenvalue weighted by Gasteiger charge is -2.26. The number of aliphatic hydroxyl groups excluding tert-OH is 1. The number of anilines is 1. The summed E-state index contributed by atoms with van der Waals surface area (Å²) >= 11 is 0. The highest BCUT2D eigenvalue weighted by Crippen LogP contribution is 2.29. The van der Waals surface area contributed by atoms with Crippen LogP contribution in [0.1, 0.15) is 6.92 Å². The fourth-order valence-corrected chi connectivity index (χ4v) is 3.62. The van der Waals surface area contributed by atoms with Gasteiger partial charge in [-0.1, -0.05) is 0 Å². The normalized spacial score (nSPS) is 17.7. The van der Waals surface area contributed by atoms with E-state index in [9.17, 15) is 18.5 Å². The Bertz CT molecular complexity index is 672. The molecule has 9 nitrogen and oxygen atoms in total. The van der Waals surface area contributed by atoms with Gasteiger partial charge < -0.3 is 15.2 Å². The molecule has 2 rings (SSSR count). The summed E-state index contributed by atoms with van der Waals surface area (Å²) in [7, 11) is -3.80. The predicted molar refractivity (Wildman–Crippen MR) is 82.8 cm³/mol. The topological polar surface area (TPSA) is 122 Å². The van der Waals surface area contributed by atoms with Gasteiger partial charge >= 0.3 is 0 Å². The summed E-state index contributed by atoms with van der Waals surface area (Å²) in [5, 5.41) is 23.0. The number of hydrogen-bond acceptors (Lipinski definition) is 7. The van der Waals surface area contributed by atoms with E-state index in [4.69, 9.17) is 9.84 Å². The molecule has 128 valence electrons. The van der Waals surface area contributed by atoms with Crippen LogP contribution in [0.5, 0.6) is 0 Å². The van der Waals surface area contributed by atoms with Gasteiger partial charge in [-0.15, -0.1) is 0 Å². The van der Waals surface area contributed by atoms with Gasteiger partial charge in [0, 0.05) is 25.2 Å². The molecule has 1 aliphatic heterocycles. The number of aliphatic hydroxyl groups is 1. The molecule has 1 aliphatic rings. The van der Waals surface area contributed by atoms with Crippen LogP contribution < -0.4 is 5.32 Å². The number of hydrogen-bond donors (Lipinski definition) is 2. The van der Waals surface area contributed by atoms with Crippen LogP contribution >= 0.6 is 0 Å². The minimum atomic E-state index is -3.80. The van der Waals surface area contributed by atoms with Crippen LogP contribution in [0.25, 0.3) is 0 Å². The molecule has 0 radical (unpaired) electrons. The van der Waals surface area contributed by atoms with Gasteiger partial charge in [0.2, 0.25) is 10.0 Å². The van der Waals surface area contributed by atoms with Crippen LogP contribution in [0.4, 0.5) is 11.4 Å². The molecule has 10 heteroatoms. The van der Waals surface area contributed by atoms with Crippen molar-refractivity contribution in [2.24, 2.45) is 0 Å². The van der Waals surface area contributed by atoms with Gasteiger partial charge in [0.25, 0.3) is 5.69 Å². The third-order valence-corrected chi connectivity index (χ3v) is 5.34. The number of nitro groups is 1. The van der Waals surface area contributed by atoms with E-state index in [1.165, 1.54) is 16.4 Å². The first kappa shape index (κ1) is 17.6. The van der Waals surface area contributed by atoms with Crippen molar-refractivity contribution in [2.75, 3.05) is 38.2 Å². The van der Waals surface area contributed by atoms with Crippen LogP contribution in [0.3, 0.4) is 0 Å². The van der Waals surface area contributed by atoms with Crippen LogP contribution in [0, 0.1) is 10.1 Å². The van der Waals surface area contributed by atoms with Crippen molar-refractivity contribution in [3.05, 3.63) is 28.3 Å². The van der Waals surface area contributed by atoms with Gasteiger partial charge in [-0.3, -0.25) is 10.1 Å². The van der Waals surface area contributed by atoms with Gasteiger partial charge in [0.05, 0.1) is 29.6 Å². The number of benzene rings is 1. The maximum absolute atomic E-state index is 12.5. The van der Waals surface area contributed by atoms with E-state index in [0.717, 1.165) is 6.07 Å². The number of nitro benzene ring substituents is 1. The molecule has 1 aromatic carbocycles. The van der Waals surface area contributed by atoms with Gasteiger partial charge in [-0.05, 0) is 19.1 Å². The Hall–Kier alpha value is -1.75. The van der Waals surface area contributed by atoms with Gasteiger partial charge in [-0.25, -0.2) is 8.42 Å². The molecule has 1 saturated heterocycles. The van der Waals surface area contributed by atoms with Crippen molar-refractivity contribution in [3.8, 4) is 0 Å². The highest BCUT2D eigenvalue weighted by Gasteiger charge is 2.29. The van der Waals surface area contributed by atoms with Crippen molar-refractivity contribution in [3.63, 3.8) is 0 Å². The Kier molecular flexibility index (Phi) is 5.52. The molecule has 0 aliphatic carbocycles. The average Bonchev–Trinajstić information content (AvgIpc) is 2.55. The monoisotopic (exact) mass is 345 g/mol. The van der Waals surface area contributed by atoms with Crippen LogP contribution in [-0.4, -0.2) is 61.7 Å². The van der Waals surface area contributed by atoms with Crippen molar-refractivity contribution in [1.29, 1.82) is 0 Å². The predicted octanol–water partition coefficient (Wildman–Crippen LogP) is 0.408. The quantitative estimate of drug-likeness (QED) is 0.565. The van der Waals surface area contributed by atoms with E-state index in [-0.39, 0.29) is 36.0 Å². The highest BCUT2D eigenvalue weighted by molar-refractivity contribution is 7.89. The molecule has 2 N–H and O–H groups in total. The highest BCUT2D eigenvalue weighted by atomic mass is 32.2. The third-order valence-electron chi connectivity index (χ3n) is 3.45. The minimum absolute atomic E-state index is 0.131. The molecule has 1 aromatic rings. The molecular formula is C13H19N3O6S. The summed E-state index contributed by atoms with van der Waals surface area (Å²) in [5.74, 6) is 0. The molecule has 0 saturated carbocycles. The fourth-order valence-electron chi connectivity index (χ4n) is 2.19. The molecule has 0 aromatic heterocycles. The van der Waals surface area contributed by atoms with Crippen molar-refractivity contribution in [1.82, 2.24) is 4.31 Å². The largest absolute Gasteiger partial charge is 0.394 e.